The van der Waals surface area contributed by atoms with Crippen molar-refractivity contribution in [3.05, 3.63) is 0 Å². The molecule has 8 heteroatoms. The van der Waals surface area contributed by atoms with Crippen molar-refractivity contribution < 1.29 is 13.2 Å². The normalized spacial score (nSPS) is 12.0. The highest BCUT2D eigenvalue weighted by Crippen LogP contribution is 1.98. The highest BCUT2D eigenvalue weighted by molar-refractivity contribution is 14.0. The SMILES string of the molecule is CCCCCCN=C(N)NCCOCCS(C)(=O)=O.I. The molecule has 0 radical (unpaired) electrons. The average Bonchev–Trinajstić information content (AvgIpc) is 2.32. The van der Waals surface area contributed by atoms with E-state index < -0.39 is 9.84 Å². The second kappa shape index (κ2) is 13.9. The van der Waals surface area contributed by atoms with Gasteiger partial charge in [-0.15, -0.1) is 24.0 Å². The summed E-state index contributed by atoms with van der Waals surface area (Å²) in [6.45, 7) is 4.08. The van der Waals surface area contributed by atoms with Crippen LogP contribution in [0.5, 0.6) is 0 Å². The smallest absolute Gasteiger partial charge is 0.188 e. The highest BCUT2D eigenvalue weighted by atomic mass is 127. The van der Waals surface area contributed by atoms with Crippen LogP contribution >= 0.6 is 24.0 Å². The van der Waals surface area contributed by atoms with Crippen molar-refractivity contribution in [1.29, 1.82) is 0 Å². The molecule has 0 amide bonds. The molecule has 0 saturated carbocycles. The third-order valence-corrected chi connectivity index (χ3v) is 3.35. The van der Waals surface area contributed by atoms with Crippen molar-refractivity contribution in [2.75, 3.05) is 38.3 Å². The van der Waals surface area contributed by atoms with Crippen molar-refractivity contribution >= 4 is 39.8 Å². The van der Waals surface area contributed by atoms with Gasteiger partial charge < -0.3 is 15.8 Å². The van der Waals surface area contributed by atoms with Gasteiger partial charge in [0.2, 0.25) is 0 Å². The van der Waals surface area contributed by atoms with Gasteiger partial charge in [0, 0.05) is 19.3 Å². The number of nitrogens with zero attached hydrogens (tertiary/aromatic N) is 1. The van der Waals surface area contributed by atoms with Gasteiger partial charge >= 0.3 is 0 Å². The number of nitrogens with two attached hydrogens (primary N) is 1. The van der Waals surface area contributed by atoms with Crippen LogP contribution in [-0.2, 0) is 14.6 Å². The summed E-state index contributed by atoms with van der Waals surface area (Å²) >= 11 is 0. The van der Waals surface area contributed by atoms with Crippen LogP contribution in [0.4, 0.5) is 0 Å². The zero-order valence-corrected chi connectivity index (χ0v) is 15.6. The lowest BCUT2D eigenvalue weighted by Gasteiger charge is -2.06. The second-order valence-corrected chi connectivity index (χ2v) is 6.76. The molecular formula is C12H28IN3O3S. The summed E-state index contributed by atoms with van der Waals surface area (Å²) in [5, 5.41) is 2.92. The fourth-order valence-corrected chi connectivity index (χ4v) is 1.78. The average molecular weight is 421 g/mol. The maximum atomic E-state index is 10.8. The number of halogens is 1. The van der Waals surface area contributed by atoms with E-state index in [0.717, 1.165) is 13.0 Å². The van der Waals surface area contributed by atoms with Crippen LogP contribution in [-0.4, -0.2) is 52.7 Å². The molecule has 20 heavy (non-hydrogen) atoms. The summed E-state index contributed by atoms with van der Waals surface area (Å²) in [6.07, 6.45) is 5.88. The van der Waals surface area contributed by atoms with E-state index in [1.807, 2.05) is 0 Å². The Hall–Kier alpha value is -0.0900. The summed E-state index contributed by atoms with van der Waals surface area (Å²) < 4.78 is 26.8. The Morgan fingerprint density at radius 2 is 1.95 bits per heavy atom. The number of nitrogens with one attached hydrogen (secondary N) is 1. The van der Waals surface area contributed by atoms with Crippen LogP contribution in [0.3, 0.4) is 0 Å². The number of aliphatic imine (C=N–C) groups is 1. The minimum atomic E-state index is -2.94. The standard InChI is InChI=1S/C12H27N3O3S.HI/c1-3-4-5-6-7-14-12(13)15-8-9-18-10-11-19(2,16)17;/h3-11H2,1-2H3,(H3,13,14,15);1H. The van der Waals surface area contributed by atoms with Gasteiger partial charge in [0.15, 0.2) is 5.96 Å². The molecule has 6 nitrogen and oxygen atoms in total. The molecule has 0 aliphatic rings. The number of hydrogen-bond donors (Lipinski definition) is 2. The van der Waals surface area contributed by atoms with Crippen LogP contribution in [0.15, 0.2) is 4.99 Å². The lowest BCUT2D eigenvalue weighted by Crippen LogP contribution is -2.34. The van der Waals surface area contributed by atoms with E-state index in [9.17, 15) is 8.42 Å². The summed E-state index contributed by atoms with van der Waals surface area (Å²) in [7, 11) is -2.94. The van der Waals surface area contributed by atoms with Crippen LogP contribution < -0.4 is 11.1 Å². The largest absolute Gasteiger partial charge is 0.379 e. The first kappa shape index (κ1) is 22.2. The van der Waals surface area contributed by atoms with Gasteiger partial charge in [-0.25, -0.2) is 8.42 Å². The van der Waals surface area contributed by atoms with E-state index in [1.54, 1.807) is 0 Å². The molecule has 0 fully saturated rings. The first-order chi connectivity index (χ1) is 8.95. The number of sulfone groups is 1. The van der Waals surface area contributed by atoms with E-state index in [4.69, 9.17) is 10.5 Å². The molecule has 0 aliphatic carbocycles. The molecule has 0 aromatic heterocycles. The van der Waals surface area contributed by atoms with Crippen molar-refractivity contribution in [3.63, 3.8) is 0 Å². The van der Waals surface area contributed by atoms with E-state index in [0.29, 0.717) is 19.1 Å². The van der Waals surface area contributed by atoms with Crippen LogP contribution in [0.25, 0.3) is 0 Å². The van der Waals surface area contributed by atoms with Gasteiger partial charge in [-0.2, -0.15) is 0 Å². The molecule has 122 valence electrons. The van der Waals surface area contributed by atoms with Gasteiger partial charge in [-0.05, 0) is 6.42 Å². The molecule has 0 rings (SSSR count). The molecule has 0 aromatic rings. The summed E-state index contributed by atoms with van der Waals surface area (Å²) in [5.74, 6) is 0.469. The molecular weight excluding hydrogens is 393 g/mol. The number of ether oxygens (including phenoxy) is 1. The molecule has 0 atom stereocenters. The highest BCUT2D eigenvalue weighted by Gasteiger charge is 2.00. The predicted molar refractivity (Wildman–Crippen MR) is 94.6 cm³/mol. The Kier molecular flexibility index (Phi) is 15.4. The van der Waals surface area contributed by atoms with Gasteiger partial charge in [-0.1, -0.05) is 26.2 Å². The van der Waals surface area contributed by atoms with E-state index in [1.165, 1.54) is 25.5 Å². The molecule has 0 spiro atoms. The third kappa shape index (κ3) is 17.9. The van der Waals surface area contributed by atoms with Crippen molar-refractivity contribution in [3.8, 4) is 0 Å². The first-order valence-corrected chi connectivity index (χ1v) is 8.81. The Morgan fingerprint density at radius 1 is 1.25 bits per heavy atom. The number of guanidine groups is 1. The zero-order valence-electron chi connectivity index (χ0n) is 12.4. The molecule has 0 bridgehead atoms. The van der Waals surface area contributed by atoms with Crippen molar-refractivity contribution in [2.24, 2.45) is 10.7 Å². The quantitative estimate of drug-likeness (QED) is 0.226. The van der Waals surface area contributed by atoms with Crippen molar-refractivity contribution in [1.82, 2.24) is 5.32 Å². The van der Waals surface area contributed by atoms with Crippen LogP contribution in [0.2, 0.25) is 0 Å². The Bertz CT molecular complexity index is 348. The lowest BCUT2D eigenvalue weighted by atomic mass is 10.2. The van der Waals surface area contributed by atoms with Crippen LogP contribution in [0.1, 0.15) is 32.6 Å². The summed E-state index contributed by atoms with van der Waals surface area (Å²) in [4.78, 5) is 4.18. The first-order valence-electron chi connectivity index (χ1n) is 6.75. The topological polar surface area (TPSA) is 93.8 Å². The zero-order chi connectivity index (χ0) is 14.6. The summed E-state index contributed by atoms with van der Waals surface area (Å²) in [5.41, 5.74) is 5.66. The number of hydrogen-bond acceptors (Lipinski definition) is 4. The lowest BCUT2D eigenvalue weighted by molar-refractivity contribution is 0.154. The maximum Gasteiger partial charge on any atom is 0.188 e. The predicted octanol–water partition coefficient (Wildman–Crippen LogP) is 1.15. The third-order valence-electron chi connectivity index (χ3n) is 2.44. The number of rotatable bonds is 11. The molecule has 0 unspecified atom stereocenters. The Balaban J connectivity index is 0. The Morgan fingerprint density at radius 3 is 2.55 bits per heavy atom. The maximum absolute atomic E-state index is 10.8. The van der Waals surface area contributed by atoms with Gasteiger partial charge in [0.05, 0.1) is 19.0 Å². The van der Waals surface area contributed by atoms with Crippen LogP contribution in [0, 0.1) is 0 Å². The molecule has 0 aromatic carbocycles. The van der Waals surface area contributed by atoms with Gasteiger partial charge in [0.25, 0.3) is 0 Å². The minimum Gasteiger partial charge on any atom is -0.379 e. The second-order valence-electron chi connectivity index (χ2n) is 4.50. The minimum absolute atomic E-state index is 0. The Labute approximate surface area is 139 Å². The van der Waals surface area contributed by atoms with Gasteiger partial charge in [-0.3, -0.25) is 4.99 Å². The van der Waals surface area contributed by atoms with Gasteiger partial charge in [0.1, 0.15) is 9.84 Å². The molecule has 0 saturated heterocycles. The number of unbranched alkanes of at least 4 members (excludes halogenated alkanes) is 3. The fraction of sp³-hybridized carbons (Fsp3) is 0.917. The molecule has 3 N–H and O–H groups in total. The fourth-order valence-electron chi connectivity index (χ4n) is 1.36. The van der Waals surface area contributed by atoms with E-state index >= 15 is 0 Å². The van der Waals surface area contributed by atoms with Crippen molar-refractivity contribution in [2.45, 2.75) is 32.6 Å². The van der Waals surface area contributed by atoms with E-state index in [-0.39, 0.29) is 36.3 Å². The monoisotopic (exact) mass is 421 g/mol. The van der Waals surface area contributed by atoms with E-state index in [2.05, 4.69) is 17.2 Å². The summed E-state index contributed by atoms with van der Waals surface area (Å²) in [6, 6.07) is 0. The molecule has 0 aliphatic heterocycles. The molecule has 0 heterocycles.